The number of nitrogens with zero attached hydrogens (tertiary/aromatic N) is 1. The maximum Gasteiger partial charge on any atom is 0.133 e. The largest absolute Gasteiger partial charge is 0.394 e. The predicted molar refractivity (Wildman–Crippen MR) is 48.4 cm³/mol. The van der Waals surface area contributed by atoms with Crippen molar-refractivity contribution in [3.8, 4) is 0 Å². The predicted octanol–water partition coefficient (Wildman–Crippen LogP) is 0.658. The number of rotatable bonds is 1. The third-order valence-corrected chi connectivity index (χ3v) is 2.32. The van der Waals surface area contributed by atoms with Gasteiger partial charge in [-0.3, -0.25) is 0 Å². The lowest BCUT2D eigenvalue weighted by molar-refractivity contribution is 0.212. The van der Waals surface area contributed by atoms with Crippen molar-refractivity contribution >= 4 is 29.2 Å². The van der Waals surface area contributed by atoms with Crippen LogP contribution in [0.1, 0.15) is 12.8 Å². The molecule has 1 N–H and O–H groups in total. The summed E-state index contributed by atoms with van der Waals surface area (Å²) in [6, 6.07) is 0.227. The summed E-state index contributed by atoms with van der Waals surface area (Å²) in [7, 11) is 0. The molecule has 0 aromatic heterocycles. The average molecular weight is 177 g/mol. The summed E-state index contributed by atoms with van der Waals surface area (Å²) in [5, 5.41) is 8.85. The van der Waals surface area contributed by atoms with Gasteiger partial charge in [0.15, 0.2) is 0 Å². The first-order chi connectivity index (χ1) is 4.75. The van der Waals surface area contributed by atoms with E-state index in [1.54, 1.807) is 0 Å². The zero-order valence-corrected chi connectivity index (χ0v) is 7.37. The fraction of sp³-hybridized carbons (Fsp3) is 0.833. The van der Waals surface area contributed by atoms with E-state index in [-0.39, 0.29) is 12.6 Å². The molecule has 0 radical (unpaired) electrons. The molecule has 0 unspecified atom stereocenters. The number of thiol groups is 1. The van der Waals surface area contributed by atoms with Gasteiger partial charge in [0.1, 0.15) is 4.32 Å². The minimum absolute atomic E-state index is 0.195. The third-order valence-electron chi connectivity index (χ3n) is 1.83. The number of likely N-dealkylation sites (tertiary alicyclic amines) is 1. The molecule has 1 rings (SSSR count). The van der Waals surface area contributed by atoms with Crippen molar-refractivity contribution in [1.29, 1.82) is 0 Å². The summed E-state index contributed by atoms with van der Waals surface area (Å²) < 4.78 is 0.608. The Balaban J connectivity index is 2.50. The molecule has 10 heavy (non-hydrogen) atoms. The lowest BCUT2D eigenvalue weighted by Crippen LogP contribution is -2.33. The van der Waals surface area contributed by atoms with Crippen LogP contribution in [0.5, 0.6) is 0 Å². The van der Waals surface area contributed by atoms with E-state index in [0.717, 1.165) is 19.4 Å². The maximum absolute atomic E-state index is 8.85. The Kier molecular flexibility index (Phi) is 2.95. The summed E-state index contributed by atoms with van der Waals surface area (Å²) in [5.74, 6) is 0. The molecule has 0 spiro atoms. The Morgan fingerprint density at radius 3 is 2.90 bits per heavy atom. The second kappa shape index (κ2) is 3.55. The molecule has 58 valence electrons. The highest BCUT2D eigenvalue weighted by Crippen LogP contribution is 2.17. The van der Waals surface area contributed by atoms with Crippen molar-refractivity contribution in [2.24, 2.45) is 0 Å². The van der Waals surface area contributed by atoms with E-state index in [9.17, 15) is 0 Å². The molecule has 1 aliphatic rings. The first-order valence-electron chi connectivity index (χ1n) is 3.36. The van der Waals surface area contributed by atoms with Gasteiger partial charge < -0.3 is 10.0 Å². The van der Waals surface area contributed by atoms with Gasteiger partial charge in [-0.25, -0.2) is 0 Å². The second-order valence-corrected chi connectivity index (χ2v) is 3.57. The van der Waals surface area contributed by atoms with Crippen molar-refractivity contribution in [3.05, 3.63) is 0 Å². The molecular formula is C6H11NOS2. The van der Waals surface area contributed by atoms with Gasteiger partial charge in [0, 0.05) is 6.54 Å². The van der Waals surface area contributed by atoms with Crippen molar-refractivity contribution < 1.29 is 5.11 Å². The van der Waals surface area contributed by atoms with Crippen LogP contribution in [0, 0.1) is 0 Å². The fourth-order valence-electron chi connectivity index (χ4n) is 1.28. The number of aliphatic hydroxyl groups is 1. The van der Waals surface area contributed by atoms with Crippen LogP contribution < -0.4 is 0 Å². The van der Waals surface area contributed by atoms with E-state index in [0.29, 0.717) is 4.32 Å². The molecule has 1 heterocycles. The Hall–Kier alpha value is 0.200. The van der Waals surface area contributed by atoms with Crippen LogP contribution in [-0.2, 0) is 0 Å². The summed E-state index contributed by atoms with van der Waals surface area (Å²) >= 11 is 8.93. The summed E-state index contributed by atoms with van der Waals surface area (Å²) in [6.45, 7) is 1.15. The summed E-state index contributed by atoms with van der Waals surface area (Å²) in [5.41, 5.74) is 0. The maximum atomic E-state index is 8.85. The number of hydrogen-bond donors (Lipinski definition) is 2. The van der Waals surface area contributed by atoms with Crippen LogP contribution in [0.3, 0.4) is 0 Å². The zero-order valence-electron chi connectivity index (χ0n) is 5.66. The standard InChI is InChI=1S/C6H11NOS2/c8-4-5-2-1-3-7(5)6(9)10/h5,8H,1-4H2,(H,9,10)/t5-/m1/s1. The molecule has 1 fully saturated rings. The fourth-order valence-corrected chi connectivity index (χ4v) is 1.78. The Morgan fingerprint density at radius 2 is 2.50 bits per heavy atom. The first-order valence-corrected chi connectivity index (χ1v) is 4.21. The minimum Gasteiger partial charge on any atom is -0.394 e. The molecule has 2 nitrogen and oxygen atoms in total. The van der Waals surface area contributed by atoms with Gasteiger partial charge in [-0.15, -0.1) is 12.6 Å². The second-order valence-electron chi connectivity index (χ2n) is 2.45. The highest BCUT2D eigenvalue weighted by atomic mass is 32.1. The van der Waals surface area contributed by atoms with Gasteiger partial charge in [0.25, 0.3) is 0 Å². The van der Waals surface area contributed by atoms with Crippen LogP contribution in [-0.4, -0.2) is 33.5 Å². The van der Waals surface area contributed by atoms with Gasteiger partial charge in [-0.05, 0) is 12.8 Å². The quantitative estimate of drug-likeness (QED) is 0.454. The van der Waals surface area contributed by atoms with E-state index in [1.807, 2.05) is 4.90 Å². The Labute approximate surface area is 71.6 Å². The molecule has 1 saturated heterocycles. The number of hydrogen-bond acceptors (Lipinski definition) is 2. The highest BCUT2D eigenvalue weighted by Gasteiger charge is 2.23. The lowest BCUT2D eigenvalue weighted by atomic mass is 10.2. The molecule has 0 amide bonds. The number of thiocarbonyl (C=S) groups is 1. The Morgan fingerprint density at radius 1 is 1.80 bits per heavy atom. The molecule has 0 saturated carbocycles. The molecule has 1 atom stereocenters. The van der Waals surface area contributed by atoms with Gasteiger partial charge in [-0.1, -0.05) is 12.2 Å². The van der Waals surface area contributed by atoms with Crippen molar-refractivity contribution in [2.75, 3.05) is 13.2 Å². The molecule has 0 aromatic carbocycles. The molecule has 1 aliphatic heterocycles. The molecule has 0 aliphatic carbocycles. The SMILES string of the molecule is OC[C@H]1CCCN1C(=S)S. The normalized spacial score (nSPS) is 25.4. The Bertz CT molecular complexity index is 140. The third kappa shape index (κ3) is 1.62. The van der Waals surface area contributed by atoms with Crippen molar-refractivity contribution in [3.63, 3.8) is 0 Å². The molecule has 4 heteroatoms. The highest BCUT2D eigenvalue weighted by molar-refractivity contribution is 8.10. The van der Waals surface area contributed by atoms with E-state index in [2.05, 4.69) is 12.6 Å². The zero-order chi connectivity index (χ0) is 7.56. The van der Waals surface area contributed by atoms with Crippen LogP contribution >= 0.6 is 24.8 Å². The van der Waals surface area contributed by atoms with Crippen molar-refractivity contribution in [1.82, 2.24) is 4.90 Å². The molecule has 0 aromatic rings. The van der Waals surface area contributed by atoms with Crippen LogP contribution in [0.2, 0.25) is 0 Å². The van der Waals surface area contributed by atoms with E-state index >= 15 is 0 Å². The number of aliphatic hydroxyl groups excluding tert-OH is 1. The topological polar surface area (TPSA) is 23.5 Å². The smallest absolute Gasteiger partial charge is 0.133 e. The van der Waals surface area contributed by atoms with Gasteiger partial charge in [0.05, 0.1) is 12.6 Å². The molecular weight excluding hydrogens is 166 g/mol. The van der Waals surface area contributed by atoms with Crippen LogP contribution in [0.4, 0.5) is 0 Å². The van der Waals surface area contributed by atoms with E-state index in [1.165, 1.54) is 0 Å². The lowest BCUT2D eigenvalue weighted by Gasteiger charge is -2.22. The van der Waals surface area contributed by atoms with Gasteiger partial charge in [0.2, 0.25) is 0 Å². The summed E-state index contributed by atoms with van der Waals surface area (Å²) in [4.78, 5) is 1.97. The average Bonchev–Trinajstić information content (AvgIpc) is 2.33. The van der Waals surface area contributed by atoms with E-state index < -0.39 is 0 Å². The van der Waals surface area contributed by atoms with Gasteiger partial charge >= 0.3 is 0 Å². The monoisotopic (exact) mass is 177 g/mol. The summed E-state index contributed by atoms with van der Waals surface area (Å²) in [6.07, 6.45) is 2.16. The minimum atomic E-state index is 0.195. The van der Waals surface area contributed by atoms with Gasteiger partial charge in [-0.2, -0.15) is 0 Å². The molecule has 0 bridgehead atoms. The first kappa shape index (κ1) is 8.30. The van der Waals surface area contributed by atoms with Crippen LogP contribution in [0.15, 0.2) is 0 Å². The van der Waals surface area contributed by atoms with Crippen molar-refractivity contribution in [2.45, 2.75) is 18.9 Å². The van der Waals surface area contributed by atoms with E-state index in [4.69, 9.17) is 17.3 Å². The van der Waals surface area contributed by atoms with Crippen LogP contribution in [0.25, 0.3) is 0 Å².